The summed E-state index contributed by atoms with van der Waals surface area (Å²) in [4.78, 5) is 23.5. The van der Waals surface area contributed by atoms with Crippen molar-refractivity contribution in [3.05, 3.63) is 22.2 Å². The van der Waals surface area contributed by atoms with Crippen LogP contribution in [0.2, 0.25) is 0 Å². The summed E-state index contributed by atoms with van der Waals surface area (Å²) in [6.07, 6.45) is 0. The predicted molar refractivity (Wildman–Crippen MR) is 85.4 cm³/mol. The Labute approximate surface area is 138 Å². The minimum Gasteiger partial charge on any atom is -0.492 e. The number of carbonyl (C=O) groups is 2. The van der Waals surface area contributed by atoms with E-state index < -0.39 is 5.97 Å². The van der Waals surface area contributed by atoms with Crippen molar-refractivity contribution in [2.45, 2.75) is 26.8 Å². The molecule has 1 rings (SSSR count). The number of hydrogen-bond donors (Lipinski definition) is 1. The third kappa shape index (κ3) is 5.22. The van der Waals surface area contributed by atoms with Crippen LogP contribution in [0.1, 0.15) is 31.1 Å². The number of rotatable bonds is 7. The Morgan fingerprint density at radius 3 is 2.55 bits per heavy atom. The van der Waals surface area contributed by atoms with Crippen molar-refractivity contribution in [1.29, 1.82) is 0 Å². The minimum absolute atomic E-state index is 0.00844. The van der Waals surface area contributed by atoms with Gasteiger partial charge in [-0.25, -0.2) is 4.79 Å². The lowest BCUT2D eigenvalue weighted by molar-refractivity contribution is -0.124. The third-order valence-electron chi connectivity index (χ3n) is 2.53. The first-order valence-electron chi connectivity index (χ1n) is 6.85. The maximum atomic E-state index is 12.0. The van der Waals surface area contributed by atoms with Crippen LogP contribution in [0.25, 0.3) is 0 Å². The molecule has 0 saturated heterocycles. The average molecular weight is 374 g/mol. The maximum Gasteiger partial charge on any atom is 0.338 e. The molecule has 7 heteroatoms. The molecule has 0 fully saturated rings. The van der Waals surface area contributed by atoms with Crippen molar-refractivity contribution >= 4 is 27.8 Å². The van der Waals surface area contributed by atoms with Gasteiger partial charge in [-0.05, 0) is 48.8 Å². The molecule has 0 aromatic heterocycles. The molecule has 0 aliphatic rings. The summed E-state index contributed by atoms with van der Waals surface area (Å²) in [7, 11) is 1.51. The predicted octanol–water partition coefficient (Wildman–Crippen LogP) is 2.54. The lowest BCUT2D eigenvalue weighted by Gasteiger charge is -2.13. The van der Waals surface area contributed by atoms with Crippen molar-refractivity contribution in [3.63, 3.8) is 0 Å². The highest BCUT2D eigenvalue weighted by molar-refractivity contribution is 9.10. The summed E-state index contributed by atoms with van der Waals surface area (Å²) < 4.78 is 16.2. The van der Waals surface area contributed by atoms with Crippen molar-refractivity contribution < 1.29 is 23.8 Å². The van der Waals surface area contributed by atoms with Gasteiger partial charge in [0.1, 0.15) is 0 Å². The second-order valence-corrected chi connectivity index (χ2v) is 5.58. The Balaban J connectivity index is 2.83. The molecule has 0 radical (unpaired) electrons. The highest BCUT2D eigenvalue weighted by Crippen LogP contribution is 2.36. The quantitative estimate of drug-likeness (QED) is 0.743. The number of nitrogens with one attached hydrogen (secondary N) is 1. The van der Waals surface area contributed by atoms with E-state index in [9.17, 15) is 9.59 Å². The number of amides is 1. The van der Waals surface area contributed by atoms with E-state index in [0.717, 1.165) is 0 Å². The van der Waals surface area contributed by atoms with E-state index in [0.29, 0.717) is 22.6 Å². The van der Waals surface area contributed by atoms with Crippen LogP contribution in [-0.4, -0.2) is 38.2 Å². The lowest BCUT2D eigenvalue weighted by atomic mass is 10.2. The Morgan fingerprint density at radius 2 is 2.00 bits per heavy atom. The summed E-state index contributed by atoms with van der Waals surface area (Å²) in [5, 5.41) is 2.64. The summed E-state index contributed by atoms with van der Waals surface area (Å²) >= 11 is 3.32. The average Bonchev–Trinajstić information content (AvgIpc) is 2.44. The summed E-state index contributed by atoms with van der Waals surface area (Å²) in [6, 6.07) is 3.07. The van der Waals surface area contributed by atoms with E-state index in [1.807, 2.05) is 20.8 Å². The monoisotopic (exact) mass is 373 g/mol. The molecule has 0 aliphatic carbocycles. The molecule has 1 amide bonds. The summed E-state index contributed by atoms with van der Waals surface area (Å²) in [6.45, 7) is 5.58. The molecule has 0 spiro atoms. The molecule has 1 N–H and O–H groups in total. The van der Waals surface area contributed by atoms with Crippen LogP contribution in [0, 0.1) is 0 Å². The van der Waals surface area contributed by atoms with Gasteiger partial charge in [0.15, 0.2) is 18.1 Å². The number of esters is 1. The van der Waals surface area contributed by atoms with E-state index >= 15 is 0 Å². The van der Waals surface area contributed by atoms with Gasteiger partial charge in [0.25, 0.3) is 5.91 Å². The molecule has 0 bridgehead atoms. The van der Waals surface area contributed by atoms with Crippen LogP contribution < -0.4 is 14.8 Å². The standard InChI is InChI=1S/C15H20BrNO5/c1-5-21-12-7-10(6-11(16)14(12)20-4)15(19)22-8-13(18)17-9(2)3/h6-7,9H,5,8H2,1-4H3,(H,17,18). The second-order valence-electron chi connectivity index (χ2n) is 4.72. The topological polar surface area (TPSA) is 73.9 Å². The molecular formula is C15H20BrNO5. The first-order valence-corrected chi connectivity index (χ1v) is 7.65. The van der Waals surface area contributed by atoms with Gasteiger partial charge in [0.05, 0.1) is 23.8 Å². The van der Waals surface area contributed by atoms with E-state index in [4.69, 9.17) is 14.2 Å². The Kier molecular flexibility index (Phi) is 7.17. The zero-order valence-electron chi connectivity index (χ0n) is 13.1. The van der Waals surface area contributed by atoms with Crippen LogP contribution in [-0.2, 0) is 9.53 Å². The molecule has 22 heavy (non-hydrogen) atoms. The van der Waals surface area contributed by atoms with E-state index in [1.165, 1.54) is 13.2 Å². The maximum absolute atomic E-state index is 12.0. The van der Waals surface area contributed by atoms with Crippen molar-refractivity contribution in [2.24, 2.45) is 0 Å². The highest BCUT2D eigenvalue weighted by Gasteiger charge is 2.17. The lowest BCUT2D eigenvalue weighted by Crippen LogP contribution is -2.33. The van der Waals surface area contributed by atoms with Gasteiger partial charge >= 0.3 is 5.97 Å². The highest BCUT2D eigenvalue weighted by atomic mass is 79.9. The second kappa shape index (κ2) is 8.63. The van der Waals surface area contributed by atoms with Crippen LogP contribution in [0.15, 0.2) is 16.6 Å². The van der Waals surface area contributed by atoms with Crippen molar-refractivity contribution in [1.82, 2.24) is 5.32 Å². The van der Waals surface area contributed by atoms with Crippen LogP contribution >= 0.6 is 15.9 Å². The molecule has 0 atom stereocenters. The molecule has 0 saturated carbocycles. The molecule has 1 aromatic carbocycles. The number of benzene rings is 1. The molecule has 0 heterocycles. The Bertz CT molecular complexity index is 545. The van der Waals surface area contributed by atoms with E-state index in [1.54, 1.807) is 6.07 Å². The normalized spacial score (nSPS) is 10.3. The molecule has 0 unspecified atom stereocenters. The molecule has 6 nitrogen and oxygen atoms in total. The Morgan fingerprint density at radius 1 is 1.32 bits per heavy atom. The summed E-state index contributed by atoms with van der Waals surface area (Å²) in [5.41, 5.74) is 0.272. The fourth-order valence-electron chi connectivity index (χ4n) is 1.72. The smallest absolute Gasteiger partial charge is 0.338 e. The third-order valence-corrected chi connectivity index (χ3v) is 3.12. The van der Waals surface area contributed by atoms with Crippen molar-refractivity contribution in [3.8, 4) is 11.5 Å². The van der Waals surface area contributed by atoms with E-state index in [-0.39, 0.29) is 24.1 Å². The number of ether oxygens (including phenoxy) is 3. The molecule has 1 aromatic rings. The van der Waals surface area contributed by atoms with Gasteiger partial charge in [0.2, 0.25) is 0 Å². The van der Waals surface area contributed by atoms with Gasteiger partial charge in [0, 0.05) is 6.04 Å². The van der Waals surface area contributed by atoms with E-state index in [2.05, 4.69) is 21.2 Å². The summed E-state index contributed by atoms with van der Waals surface area (Å²) in [5.74, 6) is -0.0296. The van der Waals surface area contributed by atoms with Gasteiger partial charge in [-0.2, -0.15) is 0 Å². The molecule has 0 aliphatic heterocycles. The van der Waals surface area contributed by atoms with Crippen molar-refractivity contribution in [2.75, 3.05) is 20.3 Å². The van der Waals surface area contributed by atoms with Gasteiger partial charge < -0.3 is 19.5 Å². The first kappa shape index (κ1) is 18.3. The zero-order chi connectivity index (χ0) is 16.7. The van der Waals surface area contributed by atoms with Gasteiger partial charge in [-0.3, -0.25) is 4.79 Å². The largest absolute Gasteiger partial charge is 0.492 e. The number of halogens is 1. The van der Waals surface area contributed by atoms with Gasteiger partial charge in [-0.15, -0.1) is 0 Å². The number of hydrogen-bond acceptors (Lipinski definition) is 5. The fourth-order valence-corrected chi connectivity index (χ4v) is 2.33. The number of carbonyl (C=O) groups excluding carboxylic acids is 2. The number of methoxy groups -OCH3 is 1. The van der Waals surface area contributed by atoms with Crippen LogP contribution in [0.3, 0.4) is 0 Å². The first-order chi connectivity index (χ1) is 10.4. The molecule has 122 valence electrons. The Hall–Kier alpha value is -1.76. The zero-order valence-corrected chi connectivity index (χ0v) is 14.7. The fraction of sp³-hybridized carbons (Fsp3) is 0.467. The SMILES string of the molecule is CCOc1cc(C(=O)OCC(=O)NC(C)C)cc(Br)c1OC. The van der Waals surface area contributed by atoms with Crippen LogP contribution in [0.5, 0.6) is 11.5 Å². The minimum atomic E-state index is -0.608. The molecular weight excluding hydrogens is 354 g/mol. The van der Waals surface area contributed by atoms with Gasteiger partial charge in [-0.1, -0.05) is 0 Å². The van der Waals surface area contributed by atoms with Crippen LogP contribution in [0.4, 0.5) is 0 Å².